The molecule has 0 spiro atoms. The number of halogens is 1. The maximum atomic E-state index is 5.84. The third kappa shape index (κ3) is 2.10. The van der Waals surface area contributed by atoms with Gasteiger partial charge in [0, 0.05) is 22.3 Å². The van der Waals surface area contributed by atoms with E-state index in [-0.39, 0.29) is 0 Å². The minimum atomic E-state index is 0.785. The van der Waals surface area contributed by atoms with E-state index in [1.165, 1.54) is 0 Å². The van der Waals surface area contributed by atoms with Crippen molar-refractivity contribution in [1.29, 1.82) is 0 Å². The minimum Gasteiger partial charge on any atom is -0.399 e. The van der Waals surface area contributed by atoms with Crippen molar-refractivity contribution >= 4 is 32.7 Å². The lowest BCUT2D eigenvalue weighted by Crippen LogP contribution is -1.99. The number of anilines is 1. The van der Waals surface area contributed by atoms with Crippen LogP contribution in [0.25, 0.3) is 22.4 Å². The van der Waals surface area contributed by atoms with Gasteiger partial charge < -0.3 is 10.3 Å². The molecule has 1 heterocycles. The molecule has 0 radical (unpaired) electrons. The third-order valence-corrected chi connectivity index (χ3v) is 4.01. The Morgan fingerprint density at radius 3 is 2.70 bits per heavy atom. The van der Waals surface area contributed by atoms with E-state index in [1.54, 1.807) is 0 Å². The number of hydrogen-bond donors (Lipinski definition) is 1. The van der Waals surface area contributed by atoms with Gasteiger partial charge >= 0.3 is 0 Å². The second-order valence-electron chi connectivity index (χ2n) is 4.89. The standard InChI is InChI=1S/C16H16BrN3/c1-3-20-15-7-4-11(17)9-14(15)19-16(20)13-6-5-12(18)8-10(13)2/h4-9H,3,18H2,1-2H3. The summed E-state index contributed by atoms with van der Waals surface area (Å²) in [7, 11) is 0. The van der Waals surface area contributed by atoms with Crippen molar-refractivity contribution in [3.8, 4) is 11.4 Å². The van der Waals surface area contributed by atoms with Crippen molar-refractivity contribution in [2.75, 3.05) is 5.73 Å². The molecule has 20 heavy (non-hydrogen) atoms. The molecule has 0 unspecified atom stereocenters. The van der Waals surface area contributed by atoms with Gasteiger partial charge in [-0.25, -0.2) is 4.98 Å². The molecule has 102 valence electrons. The monoisotopic (exact) mass is 329 g/mol. The summed E-state index contributed by atoms with van der Waals surface area (Å²) in [4.78, 5) is 4.80. The predicted molar refractivity (Wildman–Crippen MR) is 87.7 cm³/mol. The normalized spacial score (nSPS) is 11.2. The van der Waals surface area contributed by atoms with Gasteiger partial charge in [0.2, 0.25) is 0 Å². The minimum absolute atomic E-state index is 0.785. The van der Waals surface area contributed by atoms with Gasteiger partial charge in [-0.15, -0.1) is 0 Å². The van der Waals surface area contributed by atoms with E-state index in [0.29, 0.717) is 0 Å². The molecule has 1 aromatic heterocycles. The lowest BCUT2D eigenvalue weighted by molar-refractivity contribution is 0.796. The lowest BCUT2D eigenvalue weighted by Gasteiger charge is -2.09. The molecule has 2 N–H and O–H groups in total. The summed E-state index contributed by atoms with van der Waals surface area (Å²) in [6.07, 6.45) is 0. The molecular weight excluding hydrogens is 314 g/mol. The van der Waals surface area contributed by atoms with Crippen LogP contribution in [-0.2, 0) is 6.54 Å². The smallest absolute Gasteiger partial charge is 0.141 e. The molecular formula is C16H16BrN3. The van der Waals surface area contributed by atoms with Gasteiger partial charge in [-0.05, 0) is 55.8 Å². The van der Waals surface area contributed by atoms with Crippen LogP contribution < -0.4 is 5.73 Å². The number of nitrogens with zero attached hydrogens (tertiary/aromatic N) is 2. The first-order valence-electron chi connectivity index (χ1n) is 6.62. The molecule has 3 rings (SSSR count). The maximum Gasteiger partial charge on any atom is 0.141 e. The van der Waals surface area contributed by atoms with E-state index in [4.69, 9.17) is 10.7 Å². The molecule has 0 aliphatic heterocycles. The molecule has 3 aromatic rings. The first kappa shape index (κ1) is 13.2. The van der Waals surface area contributed by atoms with Gasteiger partial charge in [0.25, 0.3) is 0 Å². The number of rotatable bonds is 2. The van der Waals surface area contributed by atoms with Crippen LogP contribution in [0.1, 0.15) is 12.5 Å². The van der Waals surface area contributed by atoms with Crippen molar-refractivity contribution in [3.05, 3.63) is 46.4 Å². The molecule has 3 nitrogen and oxygen atoms in total. The molecule has 0 bridgehead atoms. The zero-order valence-corrected chi connectivity index (χ0v) is 13.1. The van der Waals surface area contributed by atoms with Gasteiger partial charge in [-0.2, -0.15) is 0 Å². The third-order valence-electron chi connectivity index (χ3n) is 3.52. The molecule has 0 atom stereocenters. The van der Waals surface area contributed by atoms with Crippen molar-refractivity contribution < 1.29 is 0 Å². The number of nitrogens with two attached hydrogens (primary N) is 1. The SMILES string of the molecule is CCn1c(-c2ccc(N)cc2C)nc2cc(Br)ccc21. The molecule has 0 saturated carbocycles. The summed E-state index contributed by atoms with van der Waals surface area (Å²) in [6, 6.07) is 12.2. The molecule has 4 heteroatoms. The fourth-order valence-corrected chi connectivity index (χ4v) is 2.92. The Bertz CT molecular complexity index is 790. The Balaban J connectivity index is 2.30. The molecule has 2 aromatic carbocycles. The highest BCUT2D eigenvalue weighted by molar-refractivity contribution is 9.10. The topological polar surface area (TPSA) is 43.8 Å². The van der Waals surface area contributed by atoms with E-state index >= 15 is 0 Å². The summed E-state index contributed by atoms with van der Waals surface area (Å²) < 4.78 is 3.28. The van der Waals surface area contributed by atoms with Gasteiger partial charge in [-0.3, -0.25) is 0 Å². The van der Waals surface area contributed by atoms with E-state index in [0.717, 1.165) is 44.7 Å². The van der Waals surface area contributed by atoms with Crippen LogP contribution in [0.4, 0.5) is 5.69 Å². The Morgan fingerprint density at radius 1 is 1.20 bits per heavy atom. The van der Waals surface area contributed by atoms with Crippen LogP contribution in [0.5, 0.6) is 0 Å². The maximum absolute atomic E-state index is 5.84. The number of benzene rings is 2. The average molecular weight is 330 g/mol. The van der Waals surface area contributed by atoms with Crippen LogP contribution in [0.15, 0.2) is 40.9 Å². The van der Waals surface area contributed by atoms with E-state index in [2.05, 4.69) is 52.5 Å². The number of nitrogen functional groups attached to an aromatic ring is 1. The zero-order chi connectivity index (χ0) is 14.3. The Morgan fingerprint density at radius 2 is 2.00 bits per heavy atom. The highest BCUT2D eigenvalue weighted by Crippen LogP contribution is 2.29. The summed E-state index contributed by atoms with van der Waals surface area (Å²) >= 11 is 3.50. The van der Waals surface area contributed by atoms with Crippen molar-refractivity contribution in [2.24, 2.45) is 0 Å². The summed E-state index contributed by atoms with van der Waals surface area (Å²) in [5.74, 6) is 0.998. The average Bonchev–Trinajstić information content (AvgIpc) is 2.75. The number of imidazole rings is 1. The summed E-state index contributed by atoms with van der Waals surface area (Å²) in [6.45, 7) is 5.09. The highest BCUT2D eigenvalue weighted by atomic mass is 79.9. The molecule has 0 aliphatic rings. The largest absolute Gasteiger partial charge is 0.399 e. The number of hydrogen-bond acceptors (Lipinski definition) is 2. The number of aromatic nitrogens is 2. The predicted octanol–water partition coefficient (Wildman–Crippen LogP) is 4.38. The van der Waals surface area contributed by atoms with Crippen molar-refractivity contribution in [2.45, 2.75) is 20.4 Å². The van der Waals surface area contributed by atoms with Crippen LogP contribution in [-0.4, -0.2) is 9.55 Å². The van der Waals surface area contributed by atoms with Crippen molar-refractivity contribution in [3.63, 3.8) is 0 Å². The van der Waals surface area contributed by atoms with Gasteiger partial charge in [0.15, 0.2) is 0 Å². The van der Waals surface area contributed by atoms with Gasteiger partial charge in [0.1, 0.15) is 5.82 Å². The van der Waals surface area contributed by atoms with Crippen LogP contribution in [0.2, 0.25) is 0 Å². The van der Waals surface area contributed by atoms with Gasteiger partial charge in [0.05, 0.1) is 11.0 Å². The Hall–Kier alpha value is -1.81. The van der Waals surface area contributed by atoms with Crippen molar-refractivity contribution in [1.82, 2.24) is 9.55 Å². The Kier molecular flexibility index (Phi) is 3.26. The fraction of sp³-hybridized carbons (Fsp3) is 0.188. The van der Waals surface area contributed by atoms with E-state index in [9.17, 15) is 0 Å². The molecule has 0 fully saturated rings. The number of fused-ring (bicyclic) bond motifs is 1. The number of aryl methyl sites for hydroxylation is 2. The second-order valence-corrected chi connectivity index (χ2v) is 5.80. The van der Waals surface area contributed by atoms with Crippen LogP contribution >= 0.6 is 15.9 Å². The molecule has 0 saturated heterocycles. The molecule has 0 amide bonds. The molecule has 0 aliphatic carbocycles. The van der Waals surface area contributed by atoms with E-state index in [1.807, 2.05) is 18.2 Å². The Labute approximate surface area is 126 Å². The zero-order valence-electron chi connectivity index (χ0n) is 11.5. The first-order valence-corrected chi connectivity index (χ1v) is 7.41. The highest BCUT2D eigenvalue weighted by Gasteiger charge is 2.13. The second kappa shape index (κ2) is 4.94. The van der Waals surface area contributed by atoms with Gasteiger partial charge in [-0.1, -0.05) is 15.9 Å². The summed E-state index contributed by atoms with van der Waals surface area (Å²) in [5, 5.41) is 0. The van der Waals surface area contributed by atoms with E-state index < -0.39 is 0 Å². The van der Waals surface area contributed by atoms with Crippen LogP contribution in [0, 0.1) is 6.92 Å². The first-order chi connectivity index (χ1) is 9.60. The lowest BCUT2D eigenvalue weighted by atomic mass is 10.1. The summed E-state index contributed by atoms with van der Waals surface area (Å²) in [5.41, 5.74) is 11.1. The fourth-order valence-electron chi connectivity index (χ4n) is 2.57. The van der Waals surface area contributed by atoms with Crippen LogP contribution in [0.3, 0.4) is 0 Å². The quantitative estimate of drug-likeness (QED) is 0.709.